The molecule has 0 saturated carbocycles. The molecular weight excluding hydrogens is 425 g/mol. The molecule has 11 nitrogen and oxygen atoms in total. The SMILES string of the molecule is C#CC(COC(=O)COCCOCCCC)(OC)[C@@H](O)Cn1cnc2c(N)nc(F)nc21. The number of nitrogen functional groups attached to an aromatic ring is 1. The molecule has 0 saturated heterocycles. The van der Waals surface area contributed by atoms with Crippen LogP contribution in [-0.2, 0) is 30.3 Å². The number of aliphatic hydroxyl groups excluding tert-OH is 1. The van der Waals surface area contributed by atoms with E-state index in [0.29, 0.717) is 13.2 Å². The molecule has 2 aromatic heterocycles. The van der Waals surface area contributed by atoms with E-state index in [1.54, 1.807) is 0 Å². The minimum Gasteiger partial charge on any atom is -0.460 e. The zero-order valence-corrected chi connectivity index (χ0v) is 18.1. The lowest BCUT2D eigenvalue weighted by Gasteiger charge is -2.31. The zero-order chi connectivity index (χ0) is 23.6. The van der Waals surface area contributed by atoms with E-state index >= 15 is 0 Å². The topological polar surface area (TPSA) is 144 Å². The van der Waals surface area contributed by atoms with Gasteiger partial charge in [0.15, 0.2) is 17.1 Å². The molecule has 0 spiro atoms. The van der Waals surface area contributed by atoms with Crippen LogP contribution in [0.3, 0.4) is 0 Å². The molecule has 0 amide bonds. The molecule has 0 aliphatic rings. The first-order valence-electron chi connectivity index (χ1n) is 10.0. The number of nitrogens with two attached hydrogens (primary N) is 1. The number of methoxy groups -OCH3 is 1. The van der Waals surface area contributed by atoms with E-state index < -0.39 is 30.4 Å². The molecule has 3 N–H and O–H groups in total. The van der Waals surface area contributed by atoms with Crippen LogP contribution < -0.4 is 5.73 Å². The second-order valence-corrected chi connectivity index (χ2v) is 6.88. The minimum absolute atomic E-state index is 0.0719. The van der Waals surface area contributed by atoms with Gasteiger partial charge in [0.1, 0.15) is 24.8 Å². The second-order valence-electron chi connectivity index (χ2n) is 6.88. The molecule has 2 atom stereocenters. The Morgan fingerprint density at radius 2 is 2.12 bits per heavy atom. The van der Waals surface area contributed by atoms with Crippen LogP contribution in [0.15, 0.2) is 6.33 Å². The van der Waals surface area contributed by atoms with E-state index in [-0.39, 0.29) is 36.7 Å². The highest BCUT2D eigenvalue weighted by Crippen LogP contribution is 2.21. The van der Waals surface area contributed by atoms with Gasteiger partial charge in [-0.25, -0.2) is 9.78 Å². The maximum absolute atomic E-state index is 13.5. The lowest BCUT2D eigenvalue weighted by atomic mass is 9.98. The summed E-state index contributed by atoms with van der Waals surface area (Å²) < 4.78 is 35.8. The summed E-state index contributed by atoms with van der Waals surface area (Å²) in [5.41, 5.74) is 4.21. The van der Waals surface area contributed by atoms with Gasteiger partial charge >= 0.3 is 12.0 Å². The number of ether oxygens (including phenoxy) is 4. The molecule has 0 aliphatic heterocycles. The molecule has 12 heteroatoms. The highest BCUT2D eigenvalue weighted by atomic mass is 19.1. The van der Waals surface area contributed by atoms with Crippen molar-refractivity contribution in [1.29, 1.82) is 0 Å². The standard InChI is InChI=1S/C20H28FN5O6/c1-4-6-7-30-8-9-31-11-15(28)32-12-20(5-2,29-3)14(27)10-26-13-23-16-17(22)24-19(21)25-18(16)26/h2,13-14,27H,4,6-12H2,1,3H3,(H2,22,24,25)/t14-,20?/m0/s1. The number of hydrogen-bond donors (Lipinski definition) is 2. The molecule has 0 fully saturated rings. The molecule has 0 aromatic carbocycles. The van der Waals surface area contributed by atoms with Gasteiger partial charge in [0.25, 0.3) is 0 Å². The number of imidazole rings is 1. The monoisotopic (exact) mass is 453 g/mol. The van der Waals surface area contributed by atoms with Crippen molar-refractivity contribution in [3.8, 4) is 12.3 Å². The van der Waals surface area contributed by atoms with Crippen molar-refractivity contribution in [2.45, 2.75) is 38.0 Å². The van der Waals surface area contributed by atoms with Crippen LogP contribution >= 0.6 is 0 Å². The Bertz CT molecular complexity index is 933. The van der Waals surface area contributed by atoms with Gasteiger partial charge in [0, 0.05) is 13.7 Å². The van der Waals surface area contributed by atoms with E-state index in [9.17, 15) is 14.3 Å². The van der Waals surface area contributed by atoms with Crippen molar-refractivity contribution in [1.82, 2.24) is 19.5 Å². The fraction of sp³-hybridized carbons (Fsp3) is 0.600. The van der Waals surface area contributed by atoms with Gasteiger partial charge in [0.05, 0.1) is 26.1 Å². The zero-order valence-electron chi connectivity index (χ0n) is 18.1. The molecule has 2 heterocycles. The molecule has 32 heavy (non-hydrogen) atoms. The molecule has 2 rings (SSSR count). The third-order valence-electron chi connectivity index (χ3n) is 4.66. The Balaban J connectivity index is 1.92. The Hall–Kier alpha value is -2.85. The predicted octanol–water partition coefficient (Wildman–Crippen LogP) is 0.303. The van der Waals surface area contributed by atoms with Crippen LogP contribution in [-0.4, -0.2) is 82.4 Å². The van der Waals surface area contributed by atoms with Crippen LogP contribution in [0.25, 0.3) is 11.2 Å². The summed E-state index contributed by atoms with van der Waals surface area (Å²) in [5.74, 6) is 1.50. The van der Waals surface area contributed by atoms with Crippen LogP contribution in [0.4, 0.5) is 10.2 Å². The van der Waals surface area contributed by atoms with E-state index in [0.717, 1.165) is 12.8 Å². The summed E-state index contributed by atoms with van der Waals surface area (Å²) in [6.45, 7) is 2.37. The molecule has 0 radical (unpaired) electrons. The average molecular weight is 453 g/mol. The quantitative estimate of drug-likeness (QED) is 0.177. The first-order valence-corrected chi connectivity index (χ1v) is 10.0. The molecule has 176 valence electrons. The van der Waals surface area contributed by atoms with Gasteiger partial charge in [-0.2, -0.15) is 14.4 Å². The summed E-state index contributed by atoms with van der Waals surface area (Å²) in [5, 5.41) is 10.7. The number of unbranched alkanes of at least 4 members (excludes halogenated alkanes) is 1. The number of nitrogens with zero attached hydrogens (tertiary/aromatic N) is 4. The highest BCUT2D eigenvalue weighted by Gasteiger charge is 2.39. The summed E-state index contributed by atoms with van der Waals surface area (Å²) in [6, 6.07) is 0. The Morgan fingerprint density at radius 1 is 1.38 bits per heavy atom. The van der Waals surface area contributed by atoms with Crippen LogP contribution in [0.5, 0.6) is 0 Å². The van der Waals surface area contributed by atoms with E-state index in [4.69, 9.17) is 31.1 Å². The van der Waals surface area contributed by atoms with Crippen LogP contribution in [0, 0.1) is 18.4 Å². The summed E-state index contributed by atoms with van der Waals surface area (Å²) in [6.07, 6.45) is 6.46. The first-order chi connectivity index (χ1) is 15.4. The number of carbonyl (C=O) groups is 1. The van der Waals surface area contributed by atoms with Crippen molar-refractivity contribution >= 4 is 23.0 Å². The fourth-order valence-electron chi connectivity index (χ4n) is 2.74. The van der Waals surface area contributed by atoms with Gasteiger partial charge in [0.2, 0.25) is 0 Å². The third-order valence-corrected chi connectivity index (χ3v) is 4.66. The van der Waals surface area contributed by atoms with E-state index in [1.807, 2.05) is 0 Å². The largest absolute Gasteiger partial charge is 0.460 e. The van der Waals surface area contributed by atoms with Gasteiger partial charge in [-0.3, -0.25) is 0 Å². The van der Waals surface area contributed by atoms with E-state index in [1.165, 1.54) is 18.0 Å². The fourth-order valence-corrected chi connectivity index (χ4v) is 2.74. The van der Waals surface area contributed by atoms with Gasteiger partial charge in [-0.15, -0.1) is 6.42 Å². The lowest BCUT2D eigenvalue weighted by molar-refractivity contribution is -0.162. The number of halogens is 1. The Labute approximate surface area is 185 Å². The first kappa shape index (κ1) is 25.4. The Kier molecular flexibility index (Phi) is 9.73. The number of rotatable bonds is 14. The maximum Gasteiger partial charge on any atom is 0.332 e. The summed E-state index contributed by atoms with van der Waals surface area (Å²) >= 11 is 0. The van der Waals surface area contributed by atoms with Gasteiger partial charge in [-0.1, -0.05) is 19.3 Å². The van der Waals surface area contributed by atoms with Crippen molar-refractivity contribution < 1.29 is 33.2 Å². The smallest absolute Gasteiger partial charge is 0.332 e. The second kappa shape index (κ2) is 12.3. The van der Waals surface area contributed by atoms with Crippen LogP contribution in [0.2, 0.25) is 0 Å². The number of fused-ring (bicyclic) bond motifs is 1. The van der Waals surface area contributed by atoms with Gasteiger partial charge < -0.3 is 34.4 Å². The number of hydrogen-bond acceptors (Lipinski definition) is 10. The molecular formula is C20H28FN5O6. The number of anilines is 1. The van der Waals surface area contributed by atoms with Crippen molar-refractivity contribution in [3.63, 3.8) is 0 Å². The van der Waals surface area contributed by atoms with Crippen molar-refractivity contribution in [2.24, 2.45) is 0 Å². The van der Waals surface area contributed by atoms with Crippen molar-refractivity contribution in [3.05, 3.63) is 12.4 Å². The molecule has 1 unspecified atom stereocenters. The molecule has 2 aromatic rings. The minimum atomic E-state index is -1.67. The number of aromatic nitrogens is 4. The maximum atomic E-state index is 13.5. The number of esters is 1. The average Bonchev–Trinajstić information content (AvgIpc) is 3.17. The molecule has 0 aliphatic carbocycles. The normalized spacial score (nSPS) is 14.1. The van der Waals surface area contributed by atoms with Crippen molar-refractivity contribution in [2.75, 3.05) is 45.9 Å². The molecule has 0 bridgehead atoms. The summed E-state index contributed by atoms with van der Waals surface area (Å²) in [7, 11) is 1.27. The lowest BCUT2D eigenvalue weighted by Crippen LogP contribution is -2.49. The van der Waals surface area contributed by atoms with Crippen LogP contribution in [0.1, 0.15) is 19.8 Å². The van der Waals surface area contributed by atoms with Gasteiger partial charge in [-0.05, 0) is 6.42 Å². The Morgan fingerprint density at radius 3 is 2.81 bits per heavy atom. The number of terminal acetylenes is 1. The van der Waals surface area contributed by atoms with E-state index in [2.05, 4.69) is 27.8 Å². The third kappa shape index (κ3) is 6.57. The summed E-state index contributed by atoms with van der Waals surface area (Å²) in [4.78, 5) is 23.0. The highest BCUT2D eigenvalue weighted by molar-refractivity contribution is 5.81. The predicted molar refractivity (Wildman–Crippen MR) is 112 cm³/mol. The number of aliphatic hydroxyl groups is 1. The number of carbonyl (C=O) groups excluding carboxylic acids is 1.